The van der Waals surface area contributed by atoms with E-state index in [4.69, 9.17) is 0 Å². The Labute approximate surface area is 113 Å². The van der Waals surface area contributed by atoms with Crippen LogP contribution in [0.4, 0.5) is 10.2 Å². The first-order chi connectivity index (χ1) is 9.19. The molecule has 0 amide bonds. The highest BCUT2D eigenvalue weighted by atomic mass is 19.1. The predicted octanol–water partition coefficient (Wildman–Crippen LogP) is 2.89. The maximum Gasteiger partial charge on any atom is 0.127 e. The van der Waals surface area contributed by atoms with E-state index in [0.29, 0.717) is 18.7 Å². The molecular weight excluding hydrogens is 241 g/mol. The molecule has 0 aliphatic carbocycles. The lowest BCUT2D eigenvalue weighted by molar-refractivity contribution is 0.310. The Morgan fingerprint density at radius 3 is 2.63 bits per heavy atom. The molecule has 0 aliphatic heterocycles. The molecule has 1 aromatic carbocycles. The van der Waals surface area contributed by atoms with Gasteiger partial charge >= 0.3 is 0 Å². The van der Waals surface area contributed by atoms with Crippen LogP contribution >= 0.6 is 0 Å². The molecule has 0 atom stereocenters. The number of pyridine rings is 1. The minimum Gasteiger partial charge on any atom is -0.373 e. The van der Waals surface area contributed by atoms with Crippen molar-refractivity contribution in [3.8, 4) is 0 Å². The summed E-state index contributed by atoms with van der Waals surface area (Å²) in [5, 5.41) is 3.01. The van der Waals surface area contributed by atoms with Gasteiger partial charge in [-0.2, -0.15) is 0 Å². The molecule has 100 valence electrons. The molecule has 0 saturated heterocycles. The highest BCUT2D eigenvalue weighted by Gasteiger charge is 2.06. The number of halogens is 1. The summed E-state index contributed by atoms with van der Waals surface area (Å²) in [5.74, 6) is 0.683. The first-order valence-corrected chi connectivity index (χ1v) is 6.24. The summed E-state index contributed by atoms with van der Waals surface area (Å²) in [6.07, 6.45) is 0. The molecule has 1 N–H and O–H groups in total. The van der Waals surface area contributed by atoms with Crippen LogP contribution in [0.25, 0.3) is 0 Å². The van der Waals surface area contributed by atoms with Crippen molar-refractivity contribution in [3.63, 3.8) is 0 Å². The van der Waals surface area contributed by atoms with Crippen molar-refractivity contribution in [3.05, 3.63) is 59.5 Å². The molecular formula is C15H18FN3. The van der Waals surface area contributed by atoms with E-state index in [-0.39, 0.29) is 5.82 Å². The van der Waals surface area contributed by atoms with Gasteiger partial charge in [0.25, 0.3) is 0 Å². The second-order valence-corrected chi connectivity index (χ2v) is 4.53. The minimum atomic E-state index is -0.161. The van der Waals surface area contributed by atoms with Gasteiger partial charge in [0.1, 0.15) is 11.6 Å². The molecule has 0 unspecified atom stereocenters. The maximum atomic E-state index is 13.6. The number of aromatic nitrogens is 1. The normalized spacial score (nSPS) is 10.7. The molecule has 2 aromatic rings. The quantitative estimate of drug-likeness (QED) is 0.895. The molecule has 0 spiro atoms. The summed E-state index contributed by atoms with van der Waals surface area (Å²) in [5.41, 5.74) is 1.67. The summed E-state index contributed by atoms with van der Waals surface area (Å²) in [6.45, 7) is 1.25. The Bertz CT molecular complexity index is 542. The van der Waals surface area contributed by atoms with E-state index < -0.39 is 0 Å². The van der Waals surface area contributed by atoms with Crippen molar-refractivity contribution in [2.24, 2.45) is 0 Å². The molecule has 2 rings (SSSR count). The number of rotatable bonds is 5. The van der Waals surface area contributed by atoms with Crippen molar-refractivity contribution < 1.29 is 4.39 Å². The van der Waals surface area contributed by atoms with Gasteiger partial charge in [-0.05, 0) is 25.2 Å². The largest absolute Gasteiger partial charge is 0.373 e. The maximum absolute atomic E-state index is 13.6. The number of hydrogen-bond acceptors (Lipinski definition) is 3. The van der Waals surface area contributed by atoms with Crippen LogP contribution in [0.15, 0.2) is 42.5 Å². The minimum absolute atomic E-state index is 0.161. The Kier molecular flexibility index (Phi) is 4.47. The lowest BCUT2D eigenvalue weighted by Gasteiger charge is -2.17. The number of nitrogens with zero attached hydrogens (tertiary/aromatic N) is 2. The standard InChI is InChI=1S/C15H18FN3/c1-17-15-9-5-7-13(18-15)11-19(2)10-12-6-3-4-8-14(12)16/h3-9H,10-11H2,1-2H3,(H,17,18). The number of hydrogen-bond donors (Lipinski definition) is 1. The average molecular weight is 259 g/mol. The van der Waals surface area contributed by atoms with E-state index in [1.165, 1.54) is 6.07 Å². The van der Waals surface area contributed by atoms with Crippen molar-refractivity contribution in [2.45, 2.75) is 13.1 Å². The summed E-state index contributed by atoms with van der Waals surface area (Å²) in [4.78, 5) is 6.49. The molecule has 19 heavy (non-hydrogen) atoms. The fourth-order valence-electron chi connectivity index (χ4n) is 1.96. The van der Waals surface area contributed by atoms with Crippen molar-refractivity contribution in [1.82, 2.24) is 9.88 Å². The molecule has 0 fully saturated rings. The van der Waals surface area contributed by atoms with Crippen LogP contribution in [0.5, 0.6) is 0 Å². The summed E-state index contributed by atoms with van der Waals surface area (Å²) >= 11 is 0. The van der Waals surface area contributed by atoms with Crippen molar-refractivity contribution in [2.75, 3.05) is 19.4 Å². The first-order valence-electron chi connectivity index (χ1n) is 6.24. The summed E-state index contributed by atoms with van der Waals surface area (Å²) in [7, 11) is 3.80. The van der Waals surface area contributed by atoms with Crippen LogP contribution in [0.1, 0.15) is 11.3 Å². The van der Waals surface area contributed by atoms with E-state index in [0.717, 1.165) is 11.5 Å². The molecule has 4 heteroatoms. The van der Waals surface area contributed by atoms with Gasteiger partial charge in [0.2, 0.25) is 0 Å². The van der Waals surface area contributed by atoms with Crippen LogP contribution < -0.4 is 5.32 Å². The molecule has 0 bridgehead atoms. The fourth-order valence-corrected chi connectivity index (χ4v) is 1.96. The van der Waals surface area contributed by atoms with Gasteiger partial charge in [-0.15, -0.1) is 0 Å². The van der Waals surface area contributed by atoms with E-state index >= 15 is 0 Å². The van der Waals surface area contributed by atoms with Gasteiger partial charge < -0.3 is 5.32 Å². The van der Waals surface area contributed by atoms with Gasteiger partial charge in [0.15, 0.2) is 0 Å². The summed E-state index contributed by atoms with van der Waals surface area (Å²) < 4.78 is 13.6. The third kappa shape index (κ3) is 3.76. The monoisotopic (exact) mass is 259 g/mol. The van der Waals surface area contributed by atoms with Gasteiger partial charge in [-0.3, -0.25) is 4.90 Å². The smallest absolute Gasteiger partial charge is 0.127 e. The van der Waals surface area contributed by atoms with E-state index in [2.05, 4.69) is 10.3 Å². The molecule has 0 saturated carbocycles. The lowest BCUT2D eigenvalue weighted by Crippen LogP contribution is -2.18. The second kappa shape index (κ2) is 6.29. The molecule has 0 radical (unpaired) electrons. The number of benzene rings is 1. The Balaban J connectivity index is 2.01. The zero-order valence-corrected chi connectivity index (χ0v) is 11.2. The second-order valence-electron chi connectivity index (χ2n) is 4.53. The third-order valence-corrected chi connectivity index (χ3v) is 2.89. The SMILES string of the molecule is CNc1cccc(CN(C)Cc2ccccc2F)n1. The average Bonchev–Trinajstić information content (AvgIpc) is 2.41. The van der Waals surface area contributed by atoms with Crippen molar-refractivity contribution in [1.29, 1.82) is 0 Å². The Morgan fingerprint density at radius 1 is 1.11 bits per heavy atom. The Morgan fingerprint density at radius 2 is 1.89 bits per heavy atom. The van der Waals surface area contributed by atoms with Gasteiger partial charge in [0, 0.05) is 25.7 Å². The molecule has 1 heterocycles. The molecule has 0 aliphatic rings. The van der Waals surface area contributed by atoms with E-state index in [9.17, 15) is 4.39 Å². The zero-order valence-electron chi connectivity index (χ0n) is 11.2. The van der Waals surface area contributed by atoms with Crippen LogP contribution in [0, 0.1) is 5.82 Å². The fraction of sp³-hybridized carbons (Fsp3) is 0.267. The number of nitrogens with one attached hydrogen (secondary N) is 1. The summed E-state index contributed by atoms with van der Waals surface area (Å²) in [6, 6.07) is 12.7. The van der Waals surface area contributed by atoms with Gasteiger partial charge in [-0.25, -0.2) is 9.37 Å². The number of anilines is 1. The van der Waals surface area contributed by atoms with Gasteiger partial charge in [0.05, 0.1) is 5.69 Å². The molecule has 3 nitrogen and oxygen atoms in total. The van der Waals surface area contributed by atoms with E-state index in [1.807, 2.05) is 49.3 Å². The zero-order chi connectivity index (χ0) is 13.7. The van der Waals surface area contributed by atoms with E-state index in [1.54, 1.807) is 6.07 Å². The van der Waals surface area contributed by atoms with Crippen LogP contribution in [-0.2, 0) is 13.1 Å². The highest BCUT2D eigenvalue weighted by molar-refractivity contribution is 5.34. The van der Waals surface area contributed by atoms with Crippen LogP contribution in [0.2, 0.25) is 0 Å². The highest BCUT2D eigenvalue weighted by Crippen LogP contribution is 2.11. The predicted molar refractivity (Wildman–Crippen MR) is 75.4 cm³/mol. The first kappa shape index (κ1) is 13.5. The molecule has 1 aromatic heterocycles. The third-order valence-electron chi connectivity index (χ3n) is 2.89. The lowest BCUT2D eigenvalue weighted by atomic mass is 10.2. The van der Waals surface area contributed by atoms with Crippen molar-refractivity contribution >= 4 is 5.82 Å². The Hall–Kier alpha value is -1.94. The van der Waals surface area contributed by atoms with Gasteiger partial charge in [-0.1, -0.05) is 24.3 Å². The van der Waals surface area contributed by atoms with Crippen LogP contribution in [-0.4, -0.2) is 24.0 Å². The topological polar surface area (TPSA) is 28.2 Å². The van der Waals surface area contributed by atoms with Crippen LogP contribution in [0.3, 0.4) is 0 Å².